The van der Waals surface area contributed by atoms with Crippen LogP contribution in [0.5, 0.6) is 0 Å². The van der Waals surface area contributed by atoms with E-state index in [9.17, 15) is 25.3 Å². The van der Waals surface area contributed by atoms with Gasteiger partial charge in [-0.25, -0.2) is 30.4 Å². The summed E-state index contributed by atoms with van der Waals surface area (Å²) in [6.07, 6.45) is 0.976. The number of rotatable bonds is 6. The Morgan fingerprint density at radius 3 is 1.96 bits per heavy atom. The van der Waals surface area contributed by atoms with Crippen molar-refractivity contribution in [2.45, 2.75) is 33.6 Å². The van der Waals surface area contributed by atoms with Crippen LogP contribution in [0.25, 0.3) is 0 Å². The maximum absolute atomic E-state index is 13.0. The second kappa shape index (κ2) is 7.56. The summed E-state index contributed by atoms with van der Waals surface area (Å²) in [6, 6.07) is 11.8. The lowest BCUT2D eigenvalue weighted by Gasteiger charge is -2.24. The number of nitrogens with two attached hydrogens (primary N) is 1. The molecular weight excluding hydrogens is 424 g/mol. The molecule has 0 aliphatic carbocycles. The van der Waals surface area contributed by atoms with E-state index in [0.29, 0.717) is 12.8 Å². The van der Waals surface area contributed by atoms with Crippen LogP contribution in [0.15, 0.2) is 69.3 Å². The first-order chi connectivity index (χ1) is 13.0. The molecule has 28 heavy (non-hydrogen) atoms. The predicted molar refractivity (Wildman–Crippen MR) is 103 cm³/mol. The summed E-state index contributed by atoms with van der Waals surface area (Å²) in [5.74, 6) is -0.314. The van der Waals surface area contributed by atoms with Crippen molar-refractivity contribution in [1.29, 1.82) is 0 Å². The number of primary sulfonamides is 1. The molecule has 2 aromatic rings. The van der Waals surface area contributed by atoms with Gasteiger partial charge in [0.05, 0.1) is 20.4 Å². The summed E-state index contributed by atoms with van der Waals surface area (Å²) in [5, 5.41) is 5.03. The maximum atomic E-state index is 13.0. The van der Waals surface area contributed by atoms with Crippen molar-refractivity contribution in [3.63, 3.8) is 0 Å². The van der Waals surface area contributed by atoms with Crippen LogP contribution in [-0.2, 0) is 29.9 Å². The Balaban J connectivity index is 1.87. The minimum absolute atomic E-state index is 0.107. The molecule has 0 aromatic heterocycles. The Kier molecular flexibility index (Phi) is 5.65. The monoisotopic (exact) mass is 444 g/mol. The molecule has 1 atom stereocenters. The lowest BCUT2D eigenvalue weighted by Crippen LogP contribution is -2.39. The number of sulfonamides is 2. The van der Waals surface area contributed by atoms with Gasteiger partial charge in [0.2, 0.25) is 20.0 Å². The van der Waals surface area contributed by atoms with Crippen LogP contribution in [-0.4, -0.2) is 47.9 Å². The fourth-order valence-corrected chi connectivity index (χ4v) is 7.13. The Hall–Kier alpha value is -1.79. The molecular formula is C17H20N2O6S3. The van der Waals surface area contributed by atoms with Crippen LogP contribution in [0.1, 0.15) is 12.8 Å². The highest BCUT2D eigenvalue weighted by atomic mass is 32.2. The fraction of sp³-hybridized carbons (Fsp3) is 0.294. The van der Waals surface area contributed by atoms with Crippen LogP contribution in [0, 0.1) is 0 Å². The largest absolute Gasteiger partial charge is 0.243 e. The molecule has 0 saturated carbocycles. The molecule has 11 heteroatoms. The van der Waals surface area contributed by atoms with Crippen molar-refractivity contribution < 1.29 is 25.3 Å². The van der Waals surface area contributed by atoms with Gasteiger partial charge in [0, 0.05) is 12.6 Å². The van der Waals surface area contributed by atoms with Gasteiger partial charge in [-0.2, -0.15) is 4.31 Å². The number of benzene rings is 2. The van der Waals surface area contributed by atoms with Crippen LogP contribution in [0.4, 0.5) is 0 Å². The minimum atomic E-state index is -3.97. The maximum Gasteiger partial charge on any atom is 0.243 e. The molecule has 2 N–H and O–H groups in total. The summed E-state index contributed by atoms with van der Waals surface area (Å²) in [4.78, 5) is -0.156. The van der Waals surface area contributed by atoms with Crippen LogP contribution in [0.2, 0.25) is 0 Å². The molecule has 152 valence electrons. The first kappa shape index (κ1) is 20.9. The SMILES string of the molecule is NS(=O)(=O)c1ccc(S(=O)(=O)N2CCCC2CS(=O)(=O)c2ccccc2)cc1. The van der Waals surface area contributed by atoms with Gasteiger partial charge in [0.25, 0.3) is 0 Å². The van der Waals surface area contributed by atoms with Crippen molar-refractivity contribution in [1.82, 2.24) is 4.31 Å². The number of sulfone groups is 1. The molecule has 1 fully saturated rings. The average molecular weight is 445 g/mol. The van der Waals surface area contributed by atoms with E-state index in [1.54, 1.807) is 18.2 Å². The minimum Gasteiger partial charge on any atom is -0.225 e. The third kappa shape index (κ3) is 4.28. The van der Waals surface area contributed by atoms with Crippen LogP contribution < -0.4 is 5.14 Å². The second-order valence-corrected chi connectivity index (χ2v) is 12.0. The molecule has 2 aromatic carbocycles. The van der Waals surface area contributed by atoms with Crippen LogP contribution in [0.3, 0.4) is 0 Å². The highest BCUT2D eigenvalue weighted by Gasteiger charge is 2.38. The zero-order chi connectivity index (χ0) is 20.6. The zero-order valence-electron chi connectivity index (χ0n) is 14.8. The van der Waals surface area contributed by atoms with E-state index in [1.807, 2.05) is 0 Å². The van der Waals surface area contributed by atoms with Crippen molar-refractivity contribution >= 4 is 29.9 Å². The second-order valence-electron chi connectivity index (χ2n) is 6.52. The Morgan fingerprint density at radius 1 is 0.821 bits per heavy atom. The van der Waals surface area contributed by atoms with Crippen molar-refractivity contribution in [2.75, 3.05) is 12.3 Å². The summed E-state index contributed by atoms with van der Waals surface area (Å²) in [7, 11) is -11.6. The van der Waals surface area contributed by atoms with E-state index < -0.39 is 35.9 Å². The van der Waals surface area contributed by atoms with Crippen molar-refractivity contribution in [3.8, 4) is 0 Å². The molecule has 8 nitrogen and oxygen atoms in total. The quantitative estimate of drug-likeness (QED) is 0.706. The van der Waals surface area contributed by atoms with Gasteiger partial charge >= 0.3 is 0 Å². The Bertz CT molecular complexity index is 1160. The van der Waals surface area contributed by atoms with Gasteiger partial charge in [0.1, 0.15) is 0 Å². The molecule has 0 amide bonds. The predicted octanol–water partition coefficient (Wildman–Crippen LogP) is 0.961. The standard InChI is InChI=1S/C17H20N2O6S3/c18-27(22,23)16-8-10-17(11-9-16)28(24,25)19-12-4-5-14(19)13-26(20,21)15-6-2-1-3-7-15/h1-3,6-11,14H,4-5,12-13H2,(H2,18,22,23). The van der Waals surface area contributed by atoms with E-state index in [1.165, 1.54) is 16.4 Å². The van der Waals surface area contributed by atoms with Gasteiger partial charge in [-0.15, -0.1) is 0 Å². The third-order valence-electron chi connectivity index (χ3n) is 4.60. The lowest BCUT2D eigenvalue weighted by atomic mass is 10.3. The van der Waals surface area contributed by atoms with Gasteiger partial charge in [-0.1, -0.05) is 18.2 Å². The topological polar surface area (TPSA) is 132 Å². The van der Waals surface area contributed by atoms with E-state index >= 15 is 0 Å². The van der Waals surface area contributed by atoms with Gasteiger partial charge in [-0.05, 0) is 49.2 Å². The smallest absolute Gasteiger partial charge is 0.225 e. The van der Waals surface area contributed by atoms with E-state index in [2.05, 4.69) is 0 Å². The van der Waals surface area contributed by atoms with E-state index in [-0.39, 0.29) is 27.0 Å². The first-order valence-corrected chi connectivity index (χ1v) is 13.1. The van der Waals surface area contributed by atoms with Crippen molar-refractivity contribution in [3.05, 3.63) is 54.6 Å². The molecule has 0 spiro atoms. The zero-order valence-corrected chi connectivity index (χ0v) is 17.3. The van der Waals surface area contributed by atoms with E-state index in [4.69, 9.17) is 5.14 Å². The van der Waals surface area contributed by atoms with Gasteiger partial charge < -0.3 is 0 Å². The Labute approximate surface area is 165 Å². The molecule has 1 saturated heterocycles. The molecule has 0 radical (unpaired) electrons. The number of hydrogen-bond acceptors (Lipinski definition) is 6. The average Bonchev–Trinajstić information content (AvgIpc) is 3.10. The first-order valence-electron chi connectivity index (χ1n) is 8.44. The summed E-state index contributed by atoms with van der Waals surface area (Å²) < 4.78 is 75.1. The summed E-state index contributed by atoms with van der Waals surface area (Å²) in [6.45, 7) is 0.203. The highest BCUT2D eigenvalue weighted by Crippen LogP contribution is 2.28. The lowest BCUT2D eigenvalue weighted by molar-refractivity contribution is 0.407. The Morgan fingerprint density at radius 2 is 1.39 bits per heavy atom. The van der Waals surface area contributed by atoms with Gasteiger partial charge in [0.15, 0.2) is 9.84 Å². The number of hydrogen-bond donors (Lipinski definition) is 1. The molecule has 1 aliphatic rings. The normalized spacial score (nSPS) is 19.0. The summed E-state index contributed by atoms with van der Waals surface area (Å²) >= 11 is 0. The highest BCUT2D eigenvalue weighted by molar-refractivity contribution is 7.91. The third-order valence-corrected chi connectivity index (χ3v) is 9.31. The number of nitrogens with zero attached hydrogens (tertiary/aromatic N) is 1. The van der Waals surface area contributed by atoms with Crippen molar-refractivity contribution in [2.24, 2.45) is 5.14 Å². The molecule has 3 rings (SSSR count). The van der Waals surface area contributed by atoms with E-state index in [0.717, 1.165) is 24.3 Å². The molecule has 1 heterocycles. The summed E-state index contributed by atoms with van der Waals surface area (Å²) in [5.41, 5.74) is 0. The fourth-order valence-electron chi connectivity index (χ4n) is 3.21. The molecule has 1 aliphatic heterocycles. The van der Waals surface area contributed by atoms with Gasteiger partial charge in [-0.3, -0.25) is 0 Å². The van der Waals surface area contributed by atoms with Crippen LogP contribution >= 0.6 is 0 Å². The molecule has 1 unspecified atom stereocenters. The molecule has 0 bridgehead atoms.